The number of anilines is 1. The summed E-state index contributed by atoms with van der Waals surface area (Å²) in [7, 11) is 0. The van der Waals surface area contributed by atoms with Gasteiger partial charge < -0.3 is 10.8 Å². The topological polar surface area (TPSA) is 63.3 Å². The molecule has 1 rings (SSSR count). The maximum Gasteiger partial charge on any atom is 0.313 e. The van der Waals surface area contributed by atoms with Crippen LogP contribution < -0.4 is 5.73 Å². The molecule has 0 aliphatic carbocycles. The summed E-state index contributed by atoms with van der Waals surface area (Å²) < 4.78 is 0.576. The quantitative estimate of drug-likeness (QED) is 0.608. The average Bonchev–Trinajstić information content (AvgIpc) is 2.15. The molecule has 0 spiro atoms. The summed E-state index contributed by atoms with van der Waals surface area (Å²) in [4.78, 5) is 10.3. The van der Waals surface area contributed by atoms with Gasteiger partial charge >= 0.3 is 5.97 Å². The molecule has 0 aliphatic rings. The van der Waals surface area contributed by atoms with E-state index in [1.165, 1.54) is 0 Å². The van der Waals surface area contributed by atoms with Gasteiger partial charge in [0.1, 0.15) is 0 Å². The number of thiocarbonyl (C=S) groups is 1. The molecule has 0 saturated carbocycles. The molecular formula is C9H9NO2S2. The van der Waals surface area contributed by atoms with Gasteiger partial charge in [-0.15, -0.1) is 11.8 Å². The Balaban J connectivity index is 2.61. The van der Waals surface area contributed by atoms with Crippen molar-refractivity contribution >= 4 is 39.8 Å². The molecule has 0 heterocycles. The van der Waals surface area contributed by atoms with E-state index in [4.69, 9.17) is 23.1 Å². The second-order valence-electron chi connectivity index (χ2n) is 2.59. The van der Waals surface area contributed by atoms with Gasteiger partial charge in [-0.1, -0.05) is 24.4 Å². The lowest BCUT2D eigenvalue weighted by Crippen LogP contribution is -2.02. The van der Waals surface area contributed by atoms with Gasteiger partial charge in [-0.3, -0.25) is 4.79 Å². The lowest BCUT2D eigenvalue weighted by molar-refractivity contribution is -0.133. The van der Waals surface area contributed by atoms with Crippen LogP contribution in [0.1, 0.15) is 5.56 Å². The van der Waals surface area contributed by atoms with Crippen molar-refractivity contribution in [3.8, 4) is 0 Å². The first-order valence-electron chi connectivity index (χ1n) is 3.84. The molecule has 0 fully saturated rings. The van der Waals surface area contributed by atoms with Crippen molar-refractivity contribution in [1.29, 1.82) is 0 Å². The maximum atomic E-state index is 10.3. The molecule has 1 aromatic rings. The van der Waals surface area contributed by atoms with Crippen LogP contribution in [0.15, 0.2) is 24.3 Å². The monoisotopic (exact) mass is 227 g/mol. The fraction of sp³-hybridized carbons (Fsp3) is 0.111. The van der Waals surface area contributed by atoms with E-state index in [0.29, 0.717) is 9.88 Å². The fourth-order valence-corrected chi connectivity index (χ4v) is 1.70. The van der Waals surface area contributed by atoms with Crippen LogP contribution in [0.25, 0.3) is 0 Å². The second kappa shape index (κ2) is 4.97. The Kier molecular flexibility index (Phi) is 3.91. The van der Waals surface area contributed by atoms with Crippen LogP contribution in [0.2, 0.25) is 0 Å². The zero-order valence-electron chi connectivity index (χ0n) is 7.27. The number of carboxylic acid groups (broad SMARTS) is 1. The minimum atomic E-state index is -0.868. The lowest BCUT2D eigenvalue weighted by atomic mass is 10.2. The number of benzene rings is 1. The number of carbonyl (C=O) groups is 1. The summed E-state index contributed by atoms with van der Waals surface area (Å²) in [5.41, 5.74) is 7.01. The SMILES string of the molecule is Nc1ccc(C(=S)SCC(=O)O)cc1. The summed E-state index contributed by atoms with van der Waals surface area (Å²) in [6, 6.07) is 7.05. The molecule has 0 bridgehead atoms. The van der Waals surface area contributed by atoms with E-state index in [1.807, 2.05) is 0 Å². The lowest BCUT2D eigenvalue weighted by Gasteiger charge is -2.01. The number of hydrogen-bond donors (Lipinski definition) is 2. The second-order valence-corrected chi connectivity index (χ2v) is 4.24. The maximum absolute atomic E-state index is 10.3. The molecule has 74 valence electrons. The predicted molar refractivity (Wildman–Crippen MR) is 62.6 cm³/mol. The van der Waals surface area contributed by atoms with Crippen LogP contribution in [-0.2, 0) is 4.79 Å². The number of aliphatic carboxylic acids is 1. The molecule has 5 heteroatoms. The third-order valence-electron chi connectivity index (χ3n) is 1.47. The molecule has 14 heavy (non-hydrogen) atoms. The highest BCUT2D eigenvalue weighted by molar-refractivity contribution is 8.24. The van der Waals surface area contributed by atoms with Gasteiger partial charge in [-0.25, -0.2) is 0 Å². The zero-order valence-corrected chi connectivity index (χ0v) is 8.90. The standard InChI is InChI=1S/C9H9NO2S2/c10-7-3-1-6(2-4-7)9(13)14-5-8(11)12/h1-4H,5,10H2,(H,11,12). The van der Waals surface area contributed by atoms with Crippen LogP contribution >= 0.6 is 24.0 Å². The van der Waals surface area contributed by atoms with E-state index in [1.54, 1.807) is 24.3 Å². The van der Waals surface area contributed by atoms with Crippen molar-refractivity contribution in [2.45, 2.75) is 0 Å². The Hall–Kier alpha value is -1.07. The number of thioether (sulfide) groups is 1. The first-order valence-corrected chi connectivity index (χ1v) is 5.23. The van der Waals surface area contributed by atoms with E-state index in [0.717, 1.165) is 17.3 Å². The Labute approximate surface area is 91.3 Å². The van der Waals surface area contributed by atoms with Gasteiger partial charge in [0.2, 0.25) is 0 Å². The molecule has 1 aromatic carbocycles. The van der Waals surface area contributed by atoms with Gasteiger partial charge in [0.05, 0.1) is 9.95 Å². The molecule has 0 unspecified atom stereocenters. The van der Waals surface area contributed by atoms with Crippen molar-refractivity contribution in [3.05, 3.63) is 29.8 Å². The number of nitrogen functional groups attached to an aromatic ring is 1. The third kappa shape index (κ3) is 3.35. The Morgan fingerprint density at radius 2 is 2.00 bits per heavy atom. The average molecular weight is 227 g/mol. The summed E-state index contributed by atoms with van der Waals surface area (Å²) in [6.45, 7) is 0. The van der Waals surface area contributed by atoms with E-state index in [-0.39, 0.29) is 5.75 Å². The minimum Gasteiger partial charge on any atom is -0.481 e. The predicted octanol–water partition coefficient (Wildman–Crippen LogP) is 1.76. The highest BCUT2D eigenvalue weighted by atomic mass is 32.2. The van der Waals surface area contributed by atoms with E-state index in [2.05, 4.69) is 0 Å². The fourth-order valence-electron chi connectivity index (χ4n) is 0.830. The first kappa shape index (κ1) is 11.0. The van der Waals surface area contributed by atoms with Crippen molar-refractivity contribution in [2.75, 3.05) is 11.5 Å². The summed E-state index contributed by atoms with van der Waals surface area (Å²) >= 11 is 6.18. The van der Waals surface area contributed by atoms with Crippen LogP contribution in [0.3, 0.4) is 0 Å². The Bertz CT molecular complexity index is 348. The van der Waals surface area contributed by atoms with Crippen molar-refractivity contribution in [1.82, 2.24) is 0 Å². The smallest absolute Gasteiger partial charge is 0.313 e. The van der Waals surface area contributed by atoms with Crippen LogP contribution in [-0.4, -0.2) is 21.0 Å². The molecule has 0 radical (unpaired) electrons. The first-order chi connectivity index (χ1) is 6.59. The van der Waals surface area contributed by atoms with Gasteiger partial charge in [0, 0.05) is 5.69 Å². The summed E-state index contributed by atoms with van der Waals surface area (Å²) in [5, 5.41) is 8.45. The number of hydrogen-bond acceptors (Lipinski definition) is 4. The number of nitrogens with two attached hydrogens (primary N) is 1. The van der Waals surface area contributed by atoms with Gasteiger partial charge in [0.15, 0.2) is 0 Å². The molecule has 3 N–H and O–H groups in total. The molecule has 0 aromatic heterocycles. The molecule has 0 amide bonds. The van der Waals surface area contributed by atoms with E-state index < -0.39 is 5.97 Å². The third-order valence-corrected chi connectivity index (χ3v) is 2.95. The van der Waals surface area contributed by atoms with Crippen molar-refractivity contribution < 1.29 is 9.90 Å². The van der Waals surface area contributed by atoms with Crippen molar-refractivity contribution in [2.24, 2.45) is 0 Å². The number of carboxylic acids is 1. The number of rotatable bonds is 3. The highest BCUT2D eigenvalue weighted by Gasteiger charge is 2.04. The van der Waals surface area contributed by atoms with E-state index >= 15 is 0 Å². The normalized spacial score (nSPS) is 9.71. The Morgan fingerprint density at radius 1 is 1.43 bits per heavy atom. The summed E-state index contributed by atoms with van der Waals surface area (Å²) in [5.74, 6) is -0.878. The van der Waals surface area contributed by atoms with Crippen LogP contribution in [0, 0.1) is 0 Å². The molecular weight excluding hydrogens is 218 g/mol. The van der Waals surface area contributed by atoms with Crippen molar-refractivity contribution in [3.63, 3.8) is 0 Å². The molecule has 3 nitrogen and oxygen atoms in total. The molecule has 0 aliphatic heterocycles. The van der Waals surface area contributed by atoms with Crippen LogP contribution in [0.4, 0.5) is 5.69 Å². The van der Waals surface area contributed by atoms with Gasteiger partial charge in [0.25, 0.3) is 0 Å². The minimum absolute atomic E-state index is 0.0107. The Morgan fingerprint density at radius 3 is 2.50 bits per heavy atom. The largest absolute Gasteiger partial charge is 0.481 e. The van der Waals surface area contributed by atoms with Crippen LogP contribution in [0.5, 0.6) is 0 Å². The molecule has 0 saturated heterocycles. The zero-order chi connectivity index (χ0) is 10.6. The molecule has 0 atom stereocenters. The highest BCUT2D eigenvalue weighted by Crippen LogP contribution is 2.15. The summed E-state index contributed by atoms with van der Waals surface area (Å²) in [6.07, 6.45) is 0. The van der Waals surface area contributed by atoms with E-state index in [9.17, 15) is 4.79 Å². The van der Waals surface area contributed by atoms with Gasteiger partial charge in [-0.05, 0) is 17.7 Å². The van der Waals surface area contributed by atoms with Gasteiger partial charge in [-0.2, -0.15) is 0 Å².